The summed E-state index contributed by atoms with van der Waals surface area (Å²) in [5.41, 5.74) is -1.30. The van der Waals surface area contributed by atoms with Crippen LogP contribution in [0.5, 0.6) is 5.75 Å². The number of benzene rings is 1. The molecule has 2 spiro atoms. The Hall–Kier alpha value is -3.36. The van der Waals surface area contributed by atoms with E-state index in [0.29, 0.717) is 36.6 Å². The highest BCUT2D eigenvalue weighted by atomic mass is 16.5. The maximum Gasteiger partial charge on any atom is 0.321 e. The first-order valence-corrected chi connectivity index (χ1v) is 17.1. The number of aliphatic hydroxyl groups excluding tert-OH is 1. The van der Waals surface area contributed by atoms with Gasteiger partial charge in [0, 0.05) is 34.1 Å². The van der Waals surface area contributed by atoms with Gasteiger partial charge in [0.2, 0.25) is 5.78 Å². The zero-order valence-corrected chi connectivity index (χ0v) is 27.6. The second-order valence-electron chi connectivity index (χ2n) is 15.2. The third kappa shape index (κ3) is 4.25. The number of carbonyl (C=O) groups excluding carboxylic acids is 2. The molecule has 1 aromatic heterocycles. The number of hydrogen-bond acceptors (Lipinski definition) is 6. The number of ketones is 1. The van der Waals surface area contributed by atoms with Gasteiger partial charge in [0.05, 0.1) is 31.6 Å². The van der Waals surface area contributed by atoms with Crippen LogP contribution in [0.1, 0.15) is 82.7 Å². The van der Waals surface area contributed by atoms with Gasteiger partial charge >= 0.3 is 6.03 Å². The minimum atomic E-state index is -1.13. The number of hydrogen-bond donors (Lipinski definition) is 3. The van der Waals surface area contributed by atoms with Gasteiger partial charge in [-0.25, -0.2) is 4.79 Å². The number of amides is 2. The predicted molar refractivity (Wildman–Crippen MR) is 175 cm³/mol. The third-order valence-corrected chi connectivity index (χ3v) is 13.3. The Morgan fingerprint density at radius 3 is 2.43 bits per heavy atom. The second kappa shape index (κ2) is 10.8. The molecule has 0 radical (unpaired) electrons. The number of methoxy groups -OCH3 is 1. The molecule has 2 aromatic rings. The molecule has 8 atom stereocenters. The molecule has 0 aliphatic heterocycles. The average molecular weight is 629 g/mol. The molecule has 8 heteroatoms. The van der Waals surface area contributed by atoms with E-state index in [1.165, 1.54) is 0 Å². The Bertz CT molecular complexity index is 1570. The van der Waals surface area contributed by atoms with E-state index in [1.54, 1.807) is 30.4 Å². The van der Waals surface area contributed by atoms with Gasteiger partial charge in [-0.1, -0.05) is 39.0 Å². The average Bonchev–Trinajstić information content (AvgIpc) is 3.67. The lowest BCUT2D eigenvalue weighted by molar-refractivity contribution is -0.174. The van der Waals surface area contributed by atoms with Crippen molar-refractivity contribution in [2.45, 2.75) is 83.8 Å². The molecule has 3 saturated carbocycles. The summed E-state index contributed by atoms with van der Waals surface area (Å²) >= 11 is 0. The lowest BCUT2D eigenvalue weighted by atomic mass is 9.32. The smallest absolute Gasteiger partial charge is 0.321 e. The highest BCUT2D eigenvalue weighted by Crippen LogP contribution is 2.78. The van der Waals surface area contributed by atoms with Gasteiger partial charge in [0.15, 0.2) is 5.76 Å². The van der Waals surface area contributed by atoms with Crippen LogP contribution < -0.4 is 10.1 Å². The minimum Gasteiger partial charge on any atom is -0.497 e. The van der Waals surface area contributed by atoms with E-state index in [2.05, 4.69) is 37.4 Å². The zero-order valence-electron chi connectivity index (χ0n) is 27.6. The highest BCUT2D eigenvalue weighted by molar-refractivity contribution is 6.08. The molecular weight excluding hydrogens is 580 g/mol. The zero-order chi connectivity index (χ0) is 32.5. The van der Waals surface area contributed by atoms with Gasteiger partial charge in [-0.2, -0.15) is 0 Å². The molecule has 1 aromatic carbocycles. The van der Waals surface area contributed by atoms with Gasteiger partial charge < -0.3 is 29.6 Å². The number of ether oxygens (including phenoxy) is 1. The van der Waals surface area contributed by atoms with Crippen LogP contribution in [0.2, 0.25) is 0 Å². The Labute approximate surface area is 271 Å². The summed E-state index contributed by atoms with van der Waals surface area (Å²) in [4.78, 5) is 29.8. The number of aliphatic hydroxyl groups is 2. The van der Waals surface area contributed by atoms with E-state index in [-0.39, 0.29) is 35.6 Å². The van der Waals surface area contributed by atoms with Crippen LogP contribution in [0, 0.1) is 33.5 Å². The van der Waals surface area contributed by atoms with Crippen molar-refractivity contribution >= 4 is 17.5 Å². The molecule has 6 aliphatic carbocycles. The van der Waals surface area contributed by atoms with Crippen molar-refractivity contribution < 1.29 is 29.0 Å². The molecule has 3 N–H and O–H groups in total. The number of nitrogens with zero attached hydrogens (tertiary/aromatic N) is 1. The van der Waals surface area contributed by atoms with Crippen LogP contribution in [-0.4, -0.2) is 58.8 Å². The van der Waals surface area contributed by atoms with Gasteiger partial charge in [-0.3, -0.25) is 4.79 Å². The van der Waals surface area contributed by atoms with Crippen molar-refractivity contribution in [2.24, 2.45) is 33.5 Å². The van der Waals surface area contributed by atoms with Crippen LogP contribution in [0.25, 0.3) is 0 Å². The van der Waals surface area contributed by atoms with Gasteiger partial charge in [-0.15, -0.1) is 0 Å². The fraction of sp³-hybridized carbons (Fsp3) is 0.579. The van der Waals surface area contributed by atoms with Crippen LogP contribution in [0.3, 0.4) is 0 Å². The largest absolute Gasteiger partial charge is 0.497 e. The number of anilines is 1. The summed E-state index contributed by atoms with van der Waals surface area (Å²) in [6.45, 7) is 7.36. The number of allylic oxidation sites excluding steroid dienone is 4. The first-order valence-electron chi connectivity index (χ1n) is 17.1. The van der Waals surface area contributed by atoms with Crippen molar-refractivity contribution in [1.29, 1.82) is 0 Å². The monoisotopic (exact) mass is 628 g/mol. The molecule has 3 fully saturated rings. The van der Waals surface area contributed by atoms with E-state index in [4.69, 9.17) is 9.15 Å². The summed E-state index contributed by atoms with van der Waals surface area (Å²) in [5, 5.41) is 26.7. The Balaban J connectivity index is 1.25. The fourth-order valence-electron chi connectivity index (χ4n) is 10.9. The SMILES string of the molecule is CCCN(C[C@]1(O)CC[C@H]2[C@]34C=C[C@@]5(C=C3C(=O)c3ccco3)CC(O)CC[C@]5(C)[C@H]4CC[C@@]21C)C(=O)Nc1ccc(OC)cc1. The van der Waals surface area contributed by atoms with Crippen molar-refractivity contribution in [3.05, 3.63) is 72.2 Å². The summed E-state index contributed by atoms with van der Waals surface area (Å²) in [7, 11) is 1.61. The fourth-order valence-corrected chi connectivity index (χ4v) is 10.9. The van der Waals surface area contributed by atoms with E-state index in [9.17, 15) is 19.8 Å². The molecule has 2 amide bonds. The molecule has 1 unspecified atom stereocenters. The van der Waals surface area contributed by atoms with Gasteiger partial charge in [-0.05, 0) is 105 Å². The van der Waals surface area contributed by atoms with E-state index >= 15 is 0 Å². The summed E-state index contributed by atoms with van der Waals surface area (Å²) in [5.74, 6) is 1.15. The number of carbonyl (C=O) groups is 2. The maximum atomic E-state index is 14.4. The number of Topliss-reactive ketones (excluding diaryl/α,β-unsaturated/α-hetero) is 1. The van der Waals surface area contributed by atoms with Crippen molar-refractivity contribution in [3.8, 4) is 5.75 Å². The third-order valence-electron chi connectivity index (χ3n) is 13.3. The lowest BCUT2D eigenvalue weighted by Gasteiger charge is -2.71. The van der Waals surface area contributed by atoms with E-state index in [0.717, 1.165) is 44.1 Å². The molecular formula is C38H48N2O6. The van der Waals surface area contributed by atoms with Gasteiger partial charge in [0.25, 0.3) is 0 Å². The molecule has 6 aliphatic rings. The van der Waals surface area contributed by atoms with Crippen LogP contribution in [-0.2, 0) is 0 Å². The molecule has 246 valence electrons. The minimum absolute atomic E-state index is 0.000244. The highest BCUT2D eigenvalue weighted by Gasteiger charge is 2.74. The van der Waals surface area contributed by atoms with Gasteiger partial charge in [0.1, 0.15) is 5.75 Å². The molecule has 1 heterocycles. The topological polar surface area (TPSA) is 112 Å². The number of urea groups is 1. The summed E-state index contributed by atoms with van der Waals surface area (Å²) in [6.07, 6.45) is 14.0. The molecule has 8 nitrogen and oxygen atoms in total. The van der Waals surface area contributed by atoms with Crippen molar-refractivity contribution in [3.63, 3.8) is 0 Å². The van der Waals surface area contributed by atoms with E-state index < -0.39 is 27.9 Å². The summed E-state index contributed by atoms with van der Waals surface area (Å²) < 4.78 is 10.9. The maximum absolute atomic E-state index is 14.4. The molecule has 8 rings (SSSR count). The summed E-state index contributed by atoms with van der Waals surface area (Å²) in [6, 6.07) is 10.5. The Morgan fingerprint density at radius 2 is 1.74 bits per heavy atom. The number of furan rings is 1. The first-order chi connectivity index (χ1) is 22.0. The Morgan fingerprint density at radius 1 is 1.02 bits per heavy atom. The molecule has 2 bridgehead atoms. The normalized spacial score (nSPS) is 38.7. The van der Waals surface area contributed by atoms with Crippen LogP contribution in [0.15, 0.2) is 70.9 Å². The standard InChI is InChI=1S/C38H48N2O6/c1-5-20-40(33(43)39-25-8-10-27(45-4)11-9-25)24-37(44)17-14-31-35(37,3)16-13-30-34(2)15-12-26(41)22-36(34)18-19-38(30,31)28(23-36)32(42)29-7-6-21-46-29/h6-11,18-19,21,23,26,30-31,41,44H,5,12-17,20,22,24H2,1-4H3,(H,39,43)/t26?,30-,31-,34-,35+,36+,37-,38-/m1/s1. The van der Waals surface area contributed by atoms with Crippen LogP contribution in [0.4, 0.5) is 10.5 Å². The number of rotatable bonds is 8. The van der Waals surface area contributed by atoms with Crippen molar-refractivity contribution in [2.75, 3.05) is 25.5 Å². The van der Waals surface area contributed by atoms with E-state index in [1.807, 2.05) is 31.2 Å². The number of fused-ring (bicyclic) bond motifs is 1. The predicted octanol–water partition coefficient (Wildman–Crippen LogP) is 7.01. The molecule has 46 heavy (non-hydrogen) atoms. The van der Waals surface area contributed by atoms with Crippen molar-refractivity contribution in [1.82, 2.24) is 4.90 Å². The quantitative estimate of drug-likeness (QED) is 0.214. The lowest BCUT2D eigenvalue weighted by Crippen LogP contribution is -2.67. The Kier molecular flexibility index (Phi) is 7.37. The first kappa shape index (κ1) is 31.3. The number of nitrogens with one attached hydrogen (secondary N) is 1. The van der Waals surface area contributed by atoms with Crippen LogP contribution >= 0.6 is 0 Å². The second-order valence-corrected chi connectivity index (χ2v) is 15.2. The molecule has 0 saturated heterocycles.